The molecule has 4 heteroatoms. The molecule has 0 fully saturated rings. The van der Waals surface area contributed by atoms with Crippen molar-refractivity contribution in [1.29, 1.82) is 0 Å². The van der Waals surface area contributed by atoms with Crippen molar-refractivity contribution in [2.75, 3.05) is 13.2 Å². The number of nitrogens with one attached hydrogen (secondary N) is 1. The van der Waals surface area contributed by atoms with Gasteiger partial charge in [0.25, 0.3) is 0 Å². The van der Waals surface area contributed by atoms with Gasteiger partial charge in [-0.25, -0.2) is 0 Å². The first kappa shape index (κ1) is 10.1. The van der Waals surface area contributed by atoms with Crippen molar-refractivity contribution in [3.8, 4) is 0 Å². The molecule has 0 saturated heterocycles. The Morgan fingerprint density at radius 2 is 2.36 bits per heavy atom. The summed E-state index contributed by atoms with van der Waals surface area (Å²) >= 11 is 0. The fourth-order valence-corrected chi connectivity index (χ4v) is 0.493. The van der Waals surface area contributed by atoms with Gasteiger partial charge in [-0.05, 0) is 13.0 Å². The molecule has 0 radical (unpaired) electrons. The monoisotopic (exact) mass is 159 g/mol. The predicted molar refractivity (Wildman–Crippen MR) is 40.9 cm³/mol. The van der Waals surface area contributed by atoms with Crippen molar-refractivity contribution in [3.63, 3.8) is 0 Å². The Morgan fingerprint density at radius 3 is 2.82 bits per heavy atom. The van der Waals surface area contributed by atoms with E-state index in [1.165, 1.54) is 6.08 Å². The van der Waals surface area contributed by atoms with Crippen LogP contribution >= 0.6 is 0 Å². The lowest BCUT2D eigenvalue weighted by atomic mass is 10.3. The zero-order chi connectivity index (χ0) is 8.69. The number of carbonyl (C=O) groups excluding carboxylic acids is 1. The molecule has 0 bridgehead atoms. The highest BCUT2D eigenvalue weighted by atomic mass is 16.3. The molecule has 3 N–H and O–H groups in total. The van der Waals surface area contributed by atoms with Crippen LogP contribution in [0.25, 0.3) is 0 Å². The third-order valence-electron chi connectivity index (χ3n) is 1.04. The summed E-state index contributed by atoms with van der Waals surface area (Å²) in [6, 6.07) is 0. The van der Waals surface area contributed by atoms with E-state index in [9.17, 15) is 4.79 Å². The molecule has 0 saturated carbocycles. The Hall–Kier alpha value is -0.870. The number of hydrogen-bond acceptors (Lipinski definition) is 3. The maximum atomic E-state index is 10.7. The maximum absolute atomic E-state index is 10.7. The van der Waals surface area contributed by atoms with Gasteiger partial charge in [0.2, 0.25) is 5.91 Å². The van der Waals surface area contributed by atoms with E-state index in [1.54, 1.807) is 13.0 Å². The summed E-state index contributed by atoms with van der Waals surface area (Å²) in [5.74, 6) is -0.264. The van der Waals surface area contributed by atoms with Crippen molar-refractivity contribution < 1.29 is 15.0 Å². The normalized spacial score (nSPS) is 13.4. The van der Waals surface area contributed by atoms with E-state index in [2.05, 4.69) is 5.32 Å². The maximum Gasteiger partial charge on any atom is 0.243 e. The fourth-order valence-electron chi connectivity index (χ4n) is 0.493. The average molecular weight is 159 g/mol. The van der Waals surface area contributed by atoms with E-state index < -0.39 is 6.10 Å². The molecule has 11 heavy (non-hydrogen) atoms. The molecule has 64 valence electrons. The van der Waals surface area contributed by atoms with Gasteiger partial charge in [0.05, 0.1) is 12.7 Å². The largest absolute Gasteiger partial charge is 0.394 e. The summed E-state index contributed by atoms with van der Waals surface area (Å²) in [4.78, 5) is 10.7. The lowest BCUT2D eigenvalue weighted by Crippen LogP contribution is -2.32. The second kappa shape index (κ2) is 5.88. The quantitative estimate of drug-likeness (QED) is 0.462. The lowest BCUT2D eigenvalue weighted by molar-refractivity contribution is -0.117. The van der Waals surface area contributed by atoms with E-state index >= 15 is 0 Å². The molecule has 0 aliphatic rings. The molecule has 0 spiro atoms. The molecule has 4 nitrogen and oxygen atoms in total. The van der Waals surface area contributed by atoms with Crippen molar-refractivity contribution in [1.82, 2.24) is 5.32 Å². The van der Waals surface area contributed by atoms with Crippen molar-refractivity contribution in [3.05, 3.63) is 12.2 Å². The Kier molecular flexibility index (Phi) is 5.42. The third kappa shape index (κ3) is 5.57. The van der Waals surface area contributed by atoms with Crippen LogP contribution in [-0.2, 0) is 4.79 Å². The Labute approximate surface area is 65.5 Å². The van der Waals surface area contributed by atoms with E-state index in [1.807, 2.05) is 0 Å². The number of amides is 1. The van der Waals surface area contributed by atoms with Crippen LogP contribution in [0, 0.1) is 0 Å². The van der Waals surface area contributed by atoms with Crippen LogP contribution in [0.5, 0.6) is 0 Å². The summed E-state index contributed by atoms with van der Waals surface area (Å²) in [5.41, 5.74) is 0. The lowest BCUT2D eigenvalue weighted by Gasteiger charge is -2.06. The minimum absolute atomic E-state index is 0.0830. The summed E-state index contributed by atoms with van der Waals surface area (Å²) in [6.07, 6.45) is 2.08. The first-order chi connectivity index (χ1) is 5.20. The Morgan fingerprint density at radius 1 is 1.73 bits per heavy atom. The van der Waals surface area contributed by atoms with Gasteiger partial charge in [0.15, 0.2) is 0 Å². The molecule has 0 aromatic carbocycles. The van der Waals surface area contributed by atoms with E-state index in [4.69, 9.17) is 10.2 Å². The molecule has 0 aliphatic heterocycles. The van der Waals surface area contributed by atoms with Gasteiger partial charge in [0, 0.05) is 6.54 Å². The number of hydrogen-bond donors (Lipinski definition) is 3. The van der Waals surface area contributed by atoms with Gasteiger partial charge in [0.1, 0.15) is 0 Å². The van der Waals surface area contributed by atoms with Crippen LogP contribution in [0.2, 0.25) is 0 Å². The number of rotatable bonds is 4. The van der Waals surface area contributed by atoms with Crippen LogP contribution in [0.4, 0.5) is 0 Å². The molecule has 1 amide bonds. The highest BCUT2D eigenvalue weighted by Crippen LogP contribution is 1.77. The minimum atomic E-state index is -0.871. The average Bonchev–Trinajstić information content (AvgIpc) is 2.01. The molecule has 0 aromatic rings. The van der Waals surface area contributed by atoms with Gasteiger partial charge in [-0.2, -0.15) is 0 Å². The minimum Gasteiger partial charge on any atom is -0.394 e. The van der Waals surface area contributed by atoms with Gasteiger partial charge in [-0.15, -0.1) is 0 Å². The van der Waals surface area contributed by atoms with Crippen LogP contribution in [0.3, 0.4) is 0 Å². The number of aliphatic hydroxyl groups excluding tert-OH is 2. The molecular formula is C7H13NO3. The molecule has 0 heterocycles. The summed E-state index contributed by atoms with van der Waals surface area (Å²) < 4.78 is 0. The molecule has 0 aromatic heterocycles. The Balaban J connectivity index is 3.45. The van der Waals surface area contributed by atoms with Gasteiger partial charge in [-0.1, -0.05) is 6.08 Å². The van der Waals surface area contributed by atoms with Crippen LogP contribution < -0.4 is 5.32 Å². The van der Waals surface area contributed by atoms with Crippen LogP contribution in [0.1, 0.15) is 6.92 Å². The van der Waals surface area contributed by atoms with E-state index in [0.717, 1.165) is 0 Å². The summed E-state index contributed by atoms with van der Waals surface area (Å²) in [5, 5.41) is 19.5. The molecular weight excluding hydrogens is 146 g/mol. The van der Waals surface area contributed by atoms with E-state index in [0.29, 0.717) is 0 Å². The fraction of sp³-hybridized carbons (Fsp3) is 0.571. The smallest absolute Gasteiger partial charge is 0.243 e. The summed E-state index contributed by atoms with van der Waals surface area (Å²) in [6.45, 7) is 1.47. The highest BCUT2D eigenvalue weighted by molar-refractivity contribution is 5.87. The third-order valence-corrected chi connectivity index (χ3v) is 1.04. The summed E-state index contributed by atoms with van der Waals surface area (Å²) in [7, 11) is 0. The van der Waals surface area contributed by atoms with Gasteiger partial charge in [-0.3, -0.25) is 4.79 Å². The van der Waals surface area contributed by atoms with Crippen molar-refractivity contribution in [2.24, 2.45) is 0 Å². The Bertz CT molecular complexity index is 145. The number of aliphatic hydroxyl groups is 2. The molecule has 0 aliphatic carbocycles. The zero-order valence-corrected chi connectivity index (χ0v) is 6.45. The number of allylic oxidation sites excluding steroid dienone is 1. The first-order valence-electron chi connectivity index (χ1n) is 3.40. The topological polar surface area (TPSA) is 69.6 Å². The predicted octanol–water partition coefficient (Wildman–Crippen LogP) is -0.968. The standard InChI is InChI=1S/C7H13NO3/c1-2-3-7(11)8-4-6(10)5-9/h2-3,6,9-10H,4-5H2,1H3,(H,8,11). The molecule has 1 atom stereocenters. The zero-order valence-electron chi connectivity index (χ0n) is 6.45. The van der Waals surface area contributed by atoms with Gasteiger partial charge < -0.3 is 15.5 Å². The van der Waals surface area contributed by atoms with Gasteiger partial charge >= 0.3 is 0 Å². The molecule has 1 unspecified atom stereocenters. The highest BCUT2D eigenvalue weighted by Gasteiger charge is 2.01. The van der Waals surface area contributed by atoms with Crippen molar-refractivity contribution in [2.45, 2.75) is 13.0 Å². The number of carbonyl (C=O) groups is 1. The molecule has 0 rings (SSSR count). The first-order valence-corrected chi connectivity index (χ1v) is 3.40. The second-order valence-electron chi connectivity index (χ2n) is 2.08. The van der Waals surface area contributed by atoms with Crippen LogP contribution in [-0.4, -0.2) is 35.4 Å². The second-order valence-corrected chi connectivity index (χ2v) is 2.08. The van der Waals surface area contributed by atoms with Crippen molar-refractivity contribution >= 4 is 5.91 Å². The van der Waals surface area contributed by atoms with E-state index in [-0.39, 0.29) is 19.1 Å². The SMILES string of the molecule is CC=CC(=O)NCC(O)CO. The van der Waals surface area contributed by atoms with Crippen LogP contribution in [0.15, 0.2) is 12.2 Å².